The number of amides is 1. The molecule has 0 bridgehead atoms. The molecular weight excluding hydrogens is 422 g/mol. The Morgan fingerprint density at radius 2 is 1.81 bits per heavy atom. The third-order valence-corrected chi connectivity index (χ3v) is 6.18. The van der Waals surface area contributed by atoms with Crippen molar-refractivity contribution in [3.63, 3.8) is 0 Å². The van der Waals surface area contributed by atoms with E-state index in [1.54, 1.807) is 0 Å². The van der Waals surface area contributed by atoms with Crippen molar-refractivity contribution in [2.24, 2.45) is 0 Å². The zero-order valence-corrected chi connectivity index (χ0v) is 19.2. The molecule has 4 rings (SSSR count). The summed E-state index contributed by atoms with van der Waals surface area (Å²) >= 11 is 1.47. The van der Waals surface area contributed by atoms with Crippen molar-refractivity contribution < 1.29 is 14.3 Å². The van der Waals surface area contributed by atoms with Crippen LogP contribution >= 0.6 is 11.3 Å². The van der Waals surface area contributed by atoms with E-state index in [-0.39, 0.29) is 5.91 Å². The maximum absolute atomic E-state index is 12.9. The van der Waals surface area contributed by atoms with Crippen LogP contribution in [0.25, 0.3) is 10.2 Å². The Labute approximate surface area is 191 Å². The molecule has 6 nitrogen and oxygen atoms in total. The monoisotopic (exact) mass is 449 g/mol. The zero-order valence-electron chi connectivity index (χ0n) is 18.3. The third kappa shape index (κ3) is 5.43. The van der Waals surface area contributed by atoms with E-state index in [9.17, 15) is 4.79 Å². The number of thiophene rings is 1. The molecule has 0 radical (unpaired) electrons. The summed E-state index contributed by atoms with van der Waals surface area (Å²) in [6.45, 7) is 6.92. The molecule has 0 spiro atoms. The summed E-state index contributed by atoms with van der Waals surface area (Å²) in [4.78, 5) is 14.6. The maximum Gasteiger partial charge on any atom is 0.265 e. The Morgan fingerprint density at radius 3 is 2.62 bits per heavy atom. The van der Waals surface area contributed by atoms with E-state index < -0.39 is 0 Å². The number of benzene rings is 2. The average Bonchev–Trinajstić information content (AvgIpc) is 3.36. The molecule has 2 aromatic heterocycles. The molecule has 32 heavy (non-hydrogen) atoms. The first-order valence-electron chi connectivity index (χ1n) is 10.7. The lowest BCUT2D eigenvalue weighted by molar-refractivity contribution is 0.0453. The minimum Gasteiger partial charge on any atom is -0.379 e. The van der Waals surface area contributed by atoms with E-state index >= 15 is 0 Å². The summed E-state index contributed by atoms with van der Waals surface area (Å²) in [5.74, 6) is -0.119. The van der Waals surface area contributed by atoms with E-state index in [2.05, 4.69) is 22.5 Å². The number of ether oxygens (including phenoxy) is 2. The molecule has 1 amide bonds. The molecule has 2 aromatic carbocycles. The van der Waals surface area contributed by atoms with Gasteiger partial charge in [-0.05, 0) is 43.2 Å². The molecule has 0 aliphatic rings. The summed E-state index contributed by atoms with van der Waals surface area (Å²) in [7, 11) is 0. The van der Waals surface area contributed by atoms with Gasteiger partial charge < -0.3 is 14.8 Å². The topological polar surface area (TPSA) is 65.4 Å². The van der Waals surface area contributed by atoms with Gasteiger partial charge in [-0.25, -0.2) is 0 Å². The van der Waals surface area contributed by atoms with Gasteiger partial charge in [0, 0.05) is 17.7 Å². The van der Waals surface area contributed by atoms with Gasteiger partial charge in [-0.3, -0.25) is 9.48 Å². The largest absolute Gasteiger partial charge is 0.379 e. The fourth-order valence-electron chi connectivity index (χ4n) is 3.47. The highest BCUT2D eigenvalue weighted by Crippen LogP contribution is 2.29. The highest BCUT2D eigenvalue weighted by atomic mass is 32.1. The second-order valence-corrected chi connectivity index (χ2v) is 8.49. The normalized spacial score (nSPS) is 11.2. The smallest absolute Gasteiger partial charge is 0.265 e. The highest BCUT2D eigenvalue weighted by Gasteiger charge is 2.17. The van der Waals surface area contributed by atoms with Crippen LogP contribution in [0.1, 0.15) is 33.4 Å². The number of carbonyl (C=O) groups is 1. The second-order valence-electron chi connectivity index (χ2n) is 7.46. The van der Waals surface area contributed by atoms with Crippen LogP contribution < -0.4 is 5.32 Å². The average molecular weight is 450 g/mol. The molecule has 0 saturated carbocycles. The fraction of sp³-hybridized carbons (Fsp3) is 0.280. The number of nitrogens with zero attached hydrogens (tertiary/aromatic N) is 2. The molecule has 0 fully saturated rings. The van der Waals surface area contributed by atoms with Crippen molar-refractivity contribution in [3.8, 4) is 0 Å². The first kappa shape index (κ1) is 22.2. The fourth-order valence-corrected chi connectivity index (χ4v) is 4.53. The van der Waals surface area contributed by atoms with Gasteiger partial charge >= 0.3 is 0 Å². The van der Waals surface area contributed by atoms with Gasteiger partial charge in [0.05, 0.1) is 36.9 Å². The number of hydrogen-bond acceptors (Lipinski definition) is 5. The number of carbonyl (C=O) groups excluding carboxylic acids is 1. The molecule has 2 heterocycles. The molecule has 4 aromatic rings. The third-order valence-electron chi connectivity index (χ3n) is 5.04. The summed E-state index contributed by atoms with van der Waals surface area (Å²) in [5, 5.41) is 8.69. The number of nitrogens with one attached hydrogen (secondary N) is 1. The van der Waals surface area contributed by atoms with Gasteiger partial charge in [0.25, 0.3) is 5.91 Å². The van der Waals surface area contributed by atoms with E-state index in [1.807, 2.05) is 67.1 Å². The van der Waals surface area contributed by atoms with Crippen molar-refractivity contribution in [2.75, 3.05) is 25.1 Å². The van der Waals surface area contributed by atoms with E-state index in [0.29, 0.717) is 37.8 Å². The predicted octanol–water partition coefficient (Wildman–Crippen LogP) is 5.26. The minimum atomic E-state index is -0.119. The molecule has 0 aliphatic carbocycles. The van der Waals surface area contributed by atoms with Gasteiger partial charge in [0.15, 0.2) is 0 Å². The standard InChI is InChI=1S/C25H27N3O3S/c1-3-30-12-13-31-17-20-10-7-11-21(14-20)26-24(29)23-15-22-18(2)27-28(25(22)32-23)16-19-8-5-4-6-9-19/h4-11,14-15H,3,12-13,16-17H2,1-2H3,(H,26,29). The van der Waals surface area contributed by atoms with E-state index in [4.69, 9.17) is 9.47 Å². The minimum absolute atomic E-state index is 0.119. The second kappa shape index (κ2) is 10.5. The summed E-state index contributed by atoms with van der Waals surface area (Å²) < 4.78 is 12.9. The number of hydrogen-bond donors (Lipinski definition) is 1. The van der Waals surface area contributed by atoms with Crippen LogP contribution in [0.15, 0.2) is 60.7 Å². The van der Waals surface area contributed by atoms with Crippen molar-refractivity contribution in [1.82, 2.24) is 9.78 Å². The Kier molecular flexibility index (Phi) is 7.32. The summed E-state index contributed by atoms with van der Waals surface area (Å²) in [6, 6.07) is 19.9. The number of aromatic nitrogens is 2. The molecule has 0 atom stereocenters. The molecule has 7 heteroatoms. The number of aryl methyl sites for hydroxylation is 1. The predicted molar refractivity (Wildman–Crippen MR) is 128 cm³/mol. The van der Waals surface area contributed by atoms with E-state index in [0.717, 1.165) is 27.2 Å². The molecule has 0 unspecified atom stereocenters. The van der Waals surface area contributed by atoms with Crippen molar-refractivity contribution in [3.05, 3.63) is 82.4 Å². The SMILES string of the molecule is CCOCCOCc1cccc(NC(=O)c2cc3c(C)nn(Cc4ccccc4)c3s2)c1. The number of fused-ring (bicyclic) bond motifs is 1. The number of anilines is 1. The molecule has 0 saturated heterocycles. The molecular formula is C25H27N3O3S. The van der Waals surface area contributed by atoms with Crippen LogP contribution in [-0.2, 0) is 22.6 Å². The summed E-state index contributed by atoms with van der Waals surface area (Å²) in [5.41, 5.74) is 3.86. The van der Waals surface area contributed by atoms with Crippen LogP contribution in [-0.4, -0.2) is 35.5 Å². The highest BCUT2D eigenvalue weighted by molar-refractivity contribution is 7.20. The van der Waals surface area contributed by atoms with Crippen molar-refractivity contribution >= 4 is 33.1 Å². The van der Waals surface area contributed by atoms with Crippen molar-refractivity contribution in [1.29, 1.82) is 0 Å². The molecule has 0 aliphatic heterocycles. The van der Waals surface area contributed by atoms with Gasteiger partial charge in [-0.15, -0.1) is 11.3 Å². The Bertz CT molecular complexity index is 1180. The molecule has 1 N–H and O–H groups in total. The lowest BCUT2D eigenvalue weighted by Gasteiger charge is -2.08. The maximum atomic E-state index is 12.9. The number of rotatable bonds is 10. The Morgan fingerprint density at radius 1 is 1.03 bits per heavy atom. The van der Waals surface area contributed by atoms with Crippen LogP contribution in [0.5, 0.6) is 0 Å². The van der Waals surface area contributed by atoms with Crippen LogP contribution in [0, 0.1) is 6.92 Å². The van der Waals surface area contributed by atoms with Crippen LogP contribution in [0.4, 0.5) is 5.69 Å². The lowest BCUT2D eigenvalue weighted by atomic mass is 10.2. The Hall–Kier alpha value is -3.00. The van der Waals surface area contributed by atoms with E-state index in [1.165, 1.54) is 16.9 Å². The van der Waals surface area contributed by atoms with Gasteiger partial charge in [0.2, 0.25) is 0 Å². The van der Waals surface area contributed by atoms with Gasteiger partial charge in [0.1, 0.15) is 4.83 Å². The Balaban J connectivity index is 1.44. The first-order chi connectivity index (χ1) is 15.6. The van der Waals surface area contributed by atoms with Gasteiger partial charge in [-0.1, -0.05) is 42.5 Å². The lowest BCUT2D eigenvalue weighted by Crippen LogP contribution is -2.10. The quantitative estimate of drug-likeness (QED) is 0.336. The zero-order chi connectivity index (χ0) is 22.3. The molecule has 166 valence electrons. The van der Waals surface area contributed by atoms with Gasteiger partial charge in [-0.2, -0.15) is 5.10 Å². The van der Waals surface area contributed by atoms with Crippen LogP contribution in [0.2, 0.25) is 0 Å². The van der Waals surface area contributed by atoms with Crippen molar-refractivity contribution in [2.45, 2.75) is 27.0 Å². The van der Waals surface area contributed by atoms with Crippen LogP contribution in [0.3, 0.4) is 0 Å². The first-order valence-corrected chi connectivity index (χ1v) is 11.5. The summed E-state index contributed by atoms with van der Waals surface area (Å²) in [6.07, 6.45) is 0.